The van der Waals surface area contributed by atoms with Gasteiger partial charge in [0.25, 0.3) is 0 Å². The van der Waals surface area contributed by atoms with E-state index in [4.69, 9.17) is 0 Å². The quantitative estimate of drug-likeness (QED) is 0.856. The molecule has 0 fully saturated rings. The molecule has 0 bridgehead atoms. The summed E-state index contributed by atoms with van der Waals surface area (Å²) in [5.41, 5.74) is 5.13. The van der Waals surface area contributed by atoms with Gasteiger partial charge in [0.1, 0.15) is 0 Å². The molecule has 0 heterocycles. The molecule has 1 amide bonds. The molecule has 19 heavy (non-hydrogen) atoms. The number of carbonyl (C=O) groups excluding carboxylic acids is 1. The molecule has 0 aromatic heterocycles. The number of carbonyl (C=O) groups is 1. The summed E-state index contributed by atoms with van der Waals surface area (Å²) in [6.45, 7) is 12.9. The van der Waals surface area contributed by atoms with E-state index in [1.807, 2.05) is 20.8 Å². The Morgan fingerprint density at radius 2 is 1.63 bits per heavy atom. The molecule has 0 aliphatic heterocycles. The van der Waals surface area contributed by atoms with Crippen molar-refractivity contribution in [2.24, 2.45) is 0 Å². The van der Waals surface area contributed by atoms with Crippen LogP contribution in [0.25, 0.3) is 0 Å². The topological polar surface area (TPSA) is 41.1 Å². The van der Waals surface area contributed by atoms with Gasteiger partial charge in [0.05, 0.1) is 6.04 Å². The predicted molar refractivity (Wildman–Crippen MR) is 80.2 cm³/mol. The summed E-state index contributed by atoms with van der Waals surface area (Å²) in [6.07, 6.45) is 0. The minimum absolute atomic E-state index is 0.0532. The largest absolute Gasteiger partial charge is 0.353 e. The van der Waals surface area contributed by atoms with Gasteiger partial charge in [0.2, 0.25) is 5.91 Å². The van der Waals surface area contributed by atoms with Gasteiger partial charge in [-0.25, -0.2) is 0 Å². The van der Waals surface area contributed by atoms with Crippen molar-refractivity contribution in [3.63, 3.8) is 0 Å². The first-order valence-electron chi connectivity index (χ1n) is 6.91. The Bertz CT molecular complexity index is 429. The van der Waals surface area contributed by atoms with E-state index in [1.54, 1.807) is 0 Å². The molecule has 1 aromatic carbocycles. The fourth-order valence-corrected chi connectivity index (χ4v) is 2.25. The Hall–Kier alpha value is -1.35. The average molecular weight is 262 g/mol. The lowest BCUT2D eigenvalue weighted by molar-refractivity contribution is -0.123. The zero-order valence-corrected chi connectivity index (χ0v) is 12.9. The van der Waals surface area contributed by atoms with Crippen LogP contribution >= 0.6 is 0 Å². The number of rotatable bonds is 5. The molecule has 1 rings (SSSR count). The molecule has 106 valence electrons. The summed E-state index contributed by atoms with van der Waals surface area (Å²) >= 11 is 0. The van der Waals surface area contributed by atoms with E-state index in [1.165, 1.54) is 22.3 Å². The minimum atomic E-state index is -0.178. The van der Waals surface area contributed by atoms with Gasteiger partial charge in [-0.3, -0.25) is 4.79 Å². The third kappa shape index (κ3) is 4.67. The third-order valence-corrected chi connectivity index (χ3v) is 3.25. The third-order valence-electron chi connectivity index (χ3n) is 3.25. The van der Waals surface area contributed by atoms with Crippen LogP contribution in [0.5, 0.6) is 0 Å². The highest BCUT2D eigenvalue weighted by Crippen LogP contribution is 2.16. The Labute approximate surface area is 116 Å². The van der Waals surface area contributed by atoms with Gasteiger partial charge in [0, 0.05) is 12.6 Å². The van der Waals surface area contributed by atoms with Crippen molar-refractivity contribution in [1.82, 2.24) is 10.6 Å². The lowest BCUT2D eigenvalue weighted by atomic mass is 9.99. The van der Waals surface area contributed by atoms with Gasteiger partial charge in [0.15, 0.2) is 0 Å². The summed E-state index contributed by atoms with van der Waals surface area (Å²) in [7, 11) is 0. The van der Waals surface area contributed by atoms with E-state index in [0.717, 1.165) is 6.54 Å². The molecule has 1 atom stereocenters. The zero-order chi connectivity index (χ0) is 14.6. The van der Waals surface area contributed by atoms with Crippen molar-refractivity contribution < 1.29 is 4.79 Å². The van der Waals surface area contributed by atoms with Crippen LogP contribution in [0.2, 0.25) is 0 Å². The van der Waals surface area contributed by atoms with Crippen LogP contribution in [0, 0.1) is 20.8 Å². The smallest absolute Gasteiger partial charge is 0.237 e. The predicted octanol–water partition coefficient (Wildman–Crippen LogP) is 2.61. The van der Waals surface area contributed by atoms with Crippen molar-refractivity contribution in [3.8, 4) is 0 Å². The number of aryl methyl sites for hydroxylation is 3. The first kappa shape index (κ1) is 15.7. The number of amides is 1. The van der Waals surface area contributed by atoms with Gasteiger partial charge in [-0.2, -0.15) is 0 Å². The Balaban J connectivity index is 2.65. The van der Waals surface area contributed by atoms with Crippen molar-refractivity contribution in [3.05, 3.63) is 34.4 Å². The number of benzene rings is 1. The second-order valence-corrected chi connectivity index (χ2v) is 5.64. The van der Waals surface area contributed by atoms with Crippen LogP contribution in [-0.4, -0.2) is 18.0 Å². The van der Waals surface area contributed by atoms with Gasteiger partial charge in [-0.15, -0.1) is 0 Å². The van der Waals surface area contributed by atoms with Crippen molar-refractivity contribution in [1.29, 1.82) is 0 Å². The molecule has 0 aliphatic carbocycles. The first-order valence-corrected chi connectivity index (χ1v) is 6.91. The Morgan fingerprint density at radius 3 is 2.11 bits per heavy atom. The van der Waals surface area contributed by atoms with Gasteiger partial charge in [-0.1, -0.05) is 17.7 Å². The molecular weight excluding hydrogens is 236 g/mol. The molecule has 0 aliphatic rings. The van der Waals surface area contributed by atoms with Crippen LogP contribution in [0.15, 0.2) is 12.1 Å². The minimum Gasteiger partial charge on any atom is -0.353 e. The molecule has 0 saturated heterocycles. The monoisotopic (exact) mass is 262 g/mol. The summed E-state index contributed by atoms with van der Waals surface area (Å²) in [6, 6.07) is 4.37. The first-order chi connectivity index (χ1) is 8.81. The van der Waals surface area contributed by atoms with Crippen LogP contribution in [0.1, 0.15) is 43.0 Å². The van der Waals surface area contributed by atoms with E-state index in [2.05, 4.69) is 43.5 Å². The fraction of sp³-hybridized carbons (Fsp3) is 0.562. The van der Waals surface area contributed by atoms with E-state index in [9.17, 15) is 4.79 Å². The highest BCUT2D eigenvalue weighted by atomic mass is 16.2. The highest BCUT2D eigenvalue weighted by Gasteiger charge is 2.13. The summed E-state index contributed by atoms with van der Waals surface area (Å²) in [5.74, 6) is 0.0532. The fourth-order valence-electron chi connectivity index (χ4n) is 2.25. The zero-order valence-electron chi connectivity index (χ0n) is 12.9. The van der Waals surface area contributed by atoms with Gasteiger partial charge in [-0.05, 0) is 58.2 Å². The normalized spacial score (nSPS) is 12.6. The number of hydrogen-bond acceptors (Lipinski definition) is 2. The van der Waals surface area contributed by atoms with E-state index in [0.29, 0.717) is 0 Å². The lowest BCUT2D eigenvalue weighted by Gasteiger charge is -2.18. The Kier molecular flexibility index (Phi) is 5.55. The molecular formula is C16H26N2O. The maximum Gasteiger partial charge on any atom is 0.237 e. The number of nitrogens with one attached hydrogen (secondary N) is 2. The molecule has 2 N–H and O–H groups in total. The van der Waals surface area contributed by atoms with Crippen molar-refractivity contribution in [2.75, 3.05) is 0 Å². The molecule has 0 spiro atoms. The molecule has 1 unspecified atom stereocenters. The van der Waals surface area contributed by atoms with E-state index >= 15 is 0 Å². The Morgan fingerprint density at radius 1 is 1.11 bits per heavy atom. The standard InChI is InChI=1S/C16H26N2O/c1-10(2)18-16(19)14(6)17-9-15-12(4)7-11(3)8-13(15)5/h7-8,10,14,17H,9H2,1-6H3,(H,18,19). The SMILES string of the molecule is Cc1cc(C)c(CNC(C)C(=O)NC(C)C)c(C)c1. The van der Waals surface area contributed by atoms with Crippen molar-refractivity contribution in [2.45, 2.75) is 60.2 Å². The molecule has 3 heteroatoms. The lowest BCUT2D eigenvalue weighted by Crippen LogP contribution is -2.44. The van der Waals surface area contributed by atoms with E-state index < -0.39 is 0 Å². The van der Waals surface area contributed by atoms with Crippen LogP contribution in [-0.2, 0) is 11.3 Å². The second kappa shape index (κ2) is 6.71. The van der Waals surface area contributed by atoms with Crippen LogP contribution in [0.4, 0.5) is 0 Å². The van der Waals surface area contributed by atoms with Gasteiger partial charge < -0.3 is 10.6 Å². The summed E-state index contributed by atoms with van der Waals surface area (Å²) in [5, 5.41) is 6.21. The number of hydrogen-bond donors (Lipinski definition) is 2. The average Bonchev–Trinajstić information content (AvgIpc) is 2.26. The molecule has 0 saturated carbocycles. The van der Waals surface area contributed by atoms with E-state index in [-0.39, 0.29) is 18.0 Å². The second-order valence-electron chi connectivity index (χ2n) is 5.64. The van der Waals surface area contributed by atoms with Gasteiger partial charge >= 0.3 is 0 Å². The van der Waals surface area contributed by atoms with Crippen LogP contribution in [0.3, 0.4) is 0 Å². The maximum atomic E-state index is 11.8. The molecule has 1 aromatic rings. The highest BCUT2D eigenvalue weighted by molar-refractivity contribution is 5.81. The maximum absolute atomic E-state index is 11.8. The molecule has 3 nitrogen and oxygen atoms in total. The van der Waals surface area contributed by atoms with Crippen LogP contribution < -0.4 is 10.6 Å². The summed E-state index contributed by atoms with van der Waals surface area (Å²) < 4.78 is 0. The summed E-state index contributed by atoms with van der Waals surface area (Å²) in [4.78, 5) is 11.8. The van der Waals surface area contributed by atoms with Crippen molar-refractivity contribution >= 4 is 5.91 Å². The molecule has 0 radical (unpaired) electrons.